The van der Waals surface area contributed by atoms with E-state index in [0.717, 1.165) is 18.5 Å². The lowest BCUT2D eigenvalue weighted by Gasteiger charge is -2.13. The summed E-state index contributed by atoms with van der Waals surface area (Å²) in [6, 6.07) is 7.47. The van der Waals surface area contributed by atoms with Gasteiger partial charge in [-0.2, -0.15) is 5.10 Å². The van der Waals surface area contributed by atoms with Crippen LogP contribution in [0, 0.1) is 5.92 Å². The van der Waals surface area contributed by atoms with Gasteiger partial charge >= 0.3 is 0 Å². The van der Waals surface area contributed by atoms with Crippen molar-refractivity contribution in [3.05, 3.63) is 29.8 Å². The Morgan fingerprint density at radius 2 is 2.05 bits per heavy atom. The summed E-state index contributed by atoms with van der Waals surface area (Å²) in [6.07, 6.45) is 3.88. The zero-order chi connectivity index (χ0) is 14.3. The molecule has 4 nitrogen and oxygen atoms in total. The van der Waals surface area contributed by atoms with Gasteiger partial charge in [0.25, 0.3) is 5.91 Å². The Balaban J connectivity index is 2.66. The van der Waals surface area contributed by atoms with Gasteiger partial charge in [0.15, 0.2) is 0 Å². The van der Waals surface area contributed by atoms with E-state index in [9.17, 15) is 4.79 Å². The van der Waals surface area contributed by atoms with Crippen molar-refractivity contribution in [2.75, 3.05) is 19.0 Å². The van der Waals surface area contributed by atoms with Crippen LogP contribution in [-0.4, -0.2) is 26.2 Å². The van der Waals surface area contributed by atoms with Crippen LogP contribution in [-0.2, 0) is 0 Å². The normalized spacial score (nSPS) is 11.0. The van der Waals surface area contributed by atoms with E-state index in [2.05, 4.69) is 24.4 Å². The molecule has 104 valence electrons. The fraction of sp³-hybridized carbons (Fsp3) is 0.467. The molecule has 1 amide bonds. The second kappa shape index (κ2) is 7.56. The highest BCUT2D eigenvalue weighted by atomic mass is 16.2. The molecule has 0 heterocycles. The molecule has 1 N–H and O–H groups in total. The number of hydrazone groups is 1. The third kappa shape index (κ3) is 4.73. The summed E-state index contributed by atoms with van der Waals surface area (Å²) in [6.45, 7) is 4.23. The van der Waals surface area contributed by atoms with Gasteiger partial charge in [-0.1, -0.05) is 19.9 Å². The summed E-state index contributed by atoms with van der Waals surface area (Å²) in [7, 11) is 3.89. The third-order valence-electron chi connectivity index (χ3n) is 3.12. The van der Waals surface area contributed by atoms with Crippen molar-refractivity contribution in [3.8, 4) is 0 Å². The number of hydrogen-bond acceptors (Lipinski definition) is 3. The van der Waals surface area contributed by atoms with Gasteiger partial charge in [-0.25, -0.2) is 5.43 Å². The fourth-order valence-electron chi connectivity index (χ4n) is 1.69. The van der Waals surface area contributed by atoms with Crippen molar-refractivity contribution in [2.45, 2.75) is 26.7 Å². The fourth-order valence-corrected chi connectivity index (χ4v) is 1.69. The molecular formula is C15H23N3O. The first-order chi connectivity index (χ1) is 9.08. The van der Waals surface area contributed by atoms with E-state index in [-0.39, 0.29) is 5.91 Å². The highest BCUT2D eigenvalue weighted by Crippen LogP contribution is 2.13. The number of hydrogen-bond donors (Lipinski definition) is 1. The van der Waals surface area contributed by atoms with E-state index in [1.165, 1.54) is 0 Å². The molecule has 1 aromatic carbocycles. The Bertz CT molecular complexity index is 437. The summed E-state index contributed by atoms with van der Waals surface area (Å²) in [5.74, 6) is 0.249. The Labute approximate surface area is 115 Å². The first kappa shape index (κ1) is 15.2. The van der Waals surface area contributed by atoms with Gasteiger partial charge in [0, 0.05) is 31.6 Å². The van der Waals surface area contributed by atoms with Crippen molar-refractivity contribution in [1.29, 1.82) is 0 Å². The van der Waals surface area contributed by atoms with E-state index >= 15 is 0 Å². The van der Waals surface area contributed by atoms with Crippen LogP contribution in [0.15, 0.2) is 29.4 Å². The topological polar surface area (TPSA) is 44.7 Å². The van der Waals surface area contributed by atoms with Gasteiger partial charge in [0.1, 0.15) is 0 Å². The van der Waals surface area contributed by atoms with Gasteiger partial charge in [-0.15, -0.1) is 0 Å². The molecule has 0 spiro atoms. The van der Waals surface area contributed by atoms with Crippen molar-refractivity contribution in [1.82, 2.24) is 5.43 Å². The summed E-state index contributed by atoms with van der Waals surface area (Å²) in [4.78, 5) is 13.9. The number of carbonyl (C=O) groups excluding carboxylic acids is 1. The predicted octanol–water partition coefficient (Wildman–Crippen LogP) is 2.90. The molecule has 1 aromatic rings. The van der Waals surface area contributed by atoms with Crippen LogP contribution in [0.5, 0.6) is 0 Å². The minimum absolute atomic E-state index is 0.175. The van der Waals surface area contributed by atoms with Crippen LogP contribution in [0.25, 0.3) is 0 Å². The molecule has 0 aliphatic heterocycles. The van der Waals surface area contributed by atoms with Crippen LogP contribution < -0.4 is 10.3 Å². The number of anilines is 1. The highest BCUT2D eigenvalue weighted by molar-refractivity contribution is 5.95. The summed E-state index contributed by atoms with van der Waals surface area (Å²) in [5.41, 5.74) is 4.19. The molecular weight excluding hydrogens is 238 g/mol. The van der Waals surface area contributed by atoms with Gasteiger partial charge in [0.05, 0.1) is 0 Å². The van der Waals surface area contributed by atoms with Crippen LogP contribution in [0.3, 0.4) is 0 Å². The zero-order valence-corrected chi connectivity index (χ0v) is 12.2. The number of amides is 1. The van der Waals surface area contributed by atoms with Crippen LogP contribution in [0.4, 0.5) is 5.69 Å². The lowest BCUT2D eigenvalue weighted by Crippen LogP contribution is -2.19. The SMILES string of the molecule is CCC(/C=N/NC(=O)c1cccc(N(C)C)c1)CC. The van der Waals surface area contributed by atoms with Crippen molar-refractivity contribution in [2.24, 2.45) is 11.0 Å². The smallest absolute Gasteiger partial charge is 0.271 e. The highest BCUT2D eigenvalue weighted by Gasteiger charge is 2.06. The van der Waals surface area contributed by atoms with Crippen molar-refractivity contribution in [3.63, 3.8) is 0 Å². The Kier molecular flexibility index (Phi) is 6.06. The molecule has 0 atom stereocenters. The van der Waals surface area contributed by atoms with Gasteiger partial charge in [0.2, 0.25) is 0 Å². The summed E-state index contributed by atoms with van der Waals surface area (Å²) >= 11 is 0. The van der Waals surface area contributed by atoms with E-state index in [4.69, 9.17) is 0 Å². The summed E-state index contributed by atoms with van der Waals surface area (Å²) in [5, 5.41) is 4.03. The quantitative estimate of drug-likeness (QED) is 0.632. The molecule has 4 heteroatoms. The lowest BCUT2D eigenvalue weighted by molar-refractivity contribution is 0.0955. The van der Waals surface area contributed by atoms with E-state index in [0.29, 0.717) is 11.5 Å². The molecule has 1 rings (SSSR count). The lowest BCUT2D eigenvalue weighted by atomic mass is 10.1. The molecule has 0 saturated heterocycles. The largest absolute Gasteiger partial charge is 0.378 e. The van der Waals surface area contributed by atoms with Crippen molar-refractivity contribution >= 4 is 17.8 Å². The van der Waals surface area contributed by atoms with Crippen LogP contribution >= 0.6 is 0 Å². The Morgan fingerprint density at radius 3 is 2.63 bits per heavy atom. The number of carbonyl (C=O) groups is 1. The predicted molar refractivity (Wildman–Crippen MR) is 80.8 cm³/mol. The molecule has 0 aromatic heterocycles. The second-order valence-electron chi connectivity index (χ2n) is 4.74. The monoisotopic (exact) mass is 261 g/mol. The molecule has 0 aliphatic rings. The summed E-state index contributed by atoms with van der Waals surface area (Å²) < 4.78 is 0. The van der Waals surface area contributed by atoms with Gasteiger partial charge < -0.3 is 4.90 Å². The van der Waals surface area contributed by atoms with Gasteiger partial charge in [-0.3, -0.25) is 4.79 Å². The van der Waals surface area contributed by atoms with Crippen LogP contribution in [0.1, 0.15) is 37.0 Å². The standard InChI is InChI=1S/C15H23N3O/c1-5-12(6-2)11-16-17-15(19)13-8-7-9-14(10-13)18(3)4/h7-12H,5-6H2,1-4H3,(H,17,19)/b16-11+. The van der Waals surface area contributed by atoms with Gasteiger partial charge in [-0.05, 0) is 37.0 Å². The molecule has 0 bridgehead atoms. The maximum Gasteiger partial charge on any atom is 0.271 e. The second-order valence-corrected chi connectivity index (χ2v) is 4.74. The Morgan fingerprint density at radius 1 is 1.37 bits per heavy atom. The van der Waals surface area contributed by atoms with Crippen molar-refractivity contribution < 1.29 is 4.79 Å². The number of nitrogens with zero attached hydrogens (tertiary/aromatic N) is 2. The average Bonchev–Trinajstić information content (AvgIpc) is 2.43. The molecule has 0 radical (unpaired) electrons. The molecule has 19 heavy (non-hydrogen) atoms. The molecule has 0 saturated carbocycles. The van der Waals surface area contributed by atoms with E-state index in [1.54, 1.807) is 6.07 Å². The molecule has 0 unspecified atom stereocenters. The number of benzene rings is 1. The zero-order valence-electron chi connectivity index (χ0n) is 12.2. The average molecular weight is 261 g/mol. The molecule has 0 fully saturated rings. The molecule has 0 aliphatic carbocycles. The maximum absolute atomic E-state index is 11.9. The first-order valence-electron chi connectivity index (χ1n) is 6.69. The van der Waals surface area contributed by atoms with E-state index in [1.807, 2.05) is 43.4 Å². The maximum atomic E-state index is 11.9. The number of rotatable bonds is 6. The Hall–Kier alpha value is -1.84. The first-order valence-corrected chi connectivity index (χ1v) is 6.69. The van der Waals surface area contributed by atoms with Crippen LogP contribution in [0.2, 0.25) is 0 Å². The van der Waals surface area contributed by atoms with E-state index < -0.39 is 0 Å². The third-order valence-corrected chi connectivity index (χ3v) is 3.12. The minimum atomic E-state index is -0.175. The minimum Gasteiger partial charge on any atom is -0.378 e. The number of nitrogens with one attached hydrogen (secondary N) is 1.